The number of para-hydroxylation sites is 1. The minimum atomic E-state index is -0.170. The minimum absolute atomic E-state index is 0.170. The topological polar surface area (TPSA) is 59.4 Å². The highest BCUT2D eigenvalue weighted by molar-refractivity contribution is 5.93. The quantitative estimate of drug-likeness (QED) is 0.698. The van der Waals surface area contributed by atoms with E-state index in [0.29, 0.717) is 12.2 Å². The number of carbonyl (C=O) groups is 1. The monoisotopic (exact) mass is 390 g/mol. The average molecular weight is 390 g/mol. The predicted octanol–water partition coefficient (Wildman–Crippen LogP) is 3.63. The van der Waals surface area contributed by atoms with Crippen molar-refractivity contribution in [3.63, 3.8) is 0 Å². The van der Waals surface area contributed by atoms with Crippen LogP contribution in [0.1, 0.15) is 28.9 Å². The van der Waals surface area contributed by atoms with Gasteiger partial charge in [0.2, 0.25) is 0 Å². The molecule has 150 valence electrons. The first kappa shape index (κ1) is 19.1. The Balaban J connectivity index is 1.47. The highest BCUT2D eigenvalue weighted by Crippen LogP contribution is 2.25. The van der Waals surface area contributed by atoms with Crippen molar-refractivity contribution < 1.29 is 9.53 Å². The van der Waals surface area contributed by atoms with Crippen LogP contribution in [-0.2, 0) is 13.6 Å². The molecule has 0 radical (unpaired) electrons. The maximum absolute atomic E-state index is 12.7. The zero-order valence-corrected chi connectivity index (χ0v) is 16.9. The van der Waals surface area contributed by atoms with Crippen molar-refractivity contribution >= 4 is 11.6 Å². The molecule has 1 aliphatic rings. The van der Waals surface area contributed by atoms with Crippen LogP contribution >= 0.6 is 0 Å². The summed E-state index contributed by atoms with van der Waals surface area (Å²) < 4.78 is 6.94. The van der Waals surface area contributed by atoms with Gasteiger partial charge in [0.15, 0.2) is 5.69 Å². The Kier molecular flexibility index (Phi) is 5.51. The van der Waals surface area contributed by atoms with Gasteiger partial charge in [-0.25, -0.2) is 0 Å². The summed E-state index contributed by atoms with van der Waals surface area (Å²) in [7, 11) is 3.49. The Labute approximate surface area is 171 Å². The fourth-order valence-corrected chi connectivity index (χ4v) is 3.80. The van der Waals surface area contributed by atoms with Crippen molar-refractivity contribution in [2.45, 2.75) is 19.4 Å². The average Bonchev–Trinajstić information content (AvgIpc) is 3.42. The van der Waals surface area contributed by atoms with Crippen LogP contribution in [0.15, 0.2) is 54.6 Å². The molecule has 1 amide bonds. The van der Waals surface area contributed by atoms with Crippen LogP contribution in [0, 0.1) is 0 Å². The number of methoxy groups -OCH3 is 1. The number of nitrogens with zero attached hydrogens (tertiary/aromatic N) is 3. The second kappa shape index (κ2) is 8.39. The number of amides is 1. The van der Waals surface area contributed by atoms with Crippen LogP contribution < -0.4 is 15.0 Å². The van der Waals surface area contributed by atoms with Gasteiger partial charge < -0.3 is 15.0 Å². The second-order valence-electron chi connectivity index (χ2n) is 7.27. The molecule has 29 heavy (non-hydrogen) atoms. The van der Waals surface area contributed by atoms with Crippen molar-refractivity contribution in [2.24, 2.45) is 7.05 Å². The summed E-state index contributed by atoms with van der Waals surface area (Å²) in [6.45, 7) is 2.65. The van der Waals surface area contributed by atoms with Gasteiger partial charge >= 0.3 is 0 Å². The number of benzene rings is 2. The minimum Gasteiger partial charge on any atom is -0.497 e. The van der Waals surface area contributed by atoms with E-state index < -0.39 is 0 Å². The van der Waals surface area contributed by atoms with Crippen molar-refractivity contribution in [1.29, 1.82) is 0 Å². The second-order valence-corrected chi connectivity index (χ2v) is 7.27. The van der Waals surface area contributed by atoms with Gasteiger partial charge in [-0.05, 0) is 54.8 Å². The van der Waals surface area contributed by atoms with E-state index in [1.54, 1.807) is 11.8 Å². The van der Waals surface area contributed by atoms with E-state index in [-0.39, 0.29) is 5.91 Å². The highest BCUT2D eigenvalue weighted by Gasteiger charge is 2.17. The third kappa shape index (κ3) is 4.11. The molecule has 1 aromatic heterocycles. The van der Waals surface area contributed by atoms with Gasteiger partial charge in [-0.1, -0.05) is 18.2 Å². The lowest BCUT2D eigenvalue weighted by Crippen LogP contribution is -2.26. The fraction of sp³-hybridized carbons (Fsp3) is 0.304. The molecule has 0 bridgehead atoms. The van der Waals surface area contributed by atoms with E-state index in [0.717, 1.165) is 35.7 Å². The van der Waals surface area contributed by atoms with Crippen molar-refractivity contribution in [1.82, 2.24) is 15.1 Å². The van der Waals surface area contributed by atoms with Gasteiger partial charge in [0.05, 0.1) is 12.8 Å². The van der Waals surface area contributed by atoms with Gasteiger partial charge in [0.25, 0.3) is 5.91 Å². The highest BCUT2D eigenvalue weighted by atomic mass is 16.5. The van der Waals surface area contributed by atoms with Crippen LogP contribution in [-0.4, -0.2) is 35.9 Å². The molecule has 3 aromatic rings. The molecule has 0 aliphatic carbocycles. The summed E-state index contributed by atoms with van der Waals surface area (Å²) in [4.78, 5) is 15.1. The normalized spacial score (nSPS) is 13.5. The number of aromatic nitrogens is 2. The number of nitrogens with one attached hydrogen (secondary N) is 1. The maximum atomic E-state index is 12.7. The van der Waals surface area contributed by atoms with Gasteiger partial charge in [-0.15, -0.1) is 0 Å². The van der Waals surface area contributed by atoms with E-state index in [1.807, 2.05) is 43.4 Å². The molecule has 6 heteroatoms. The number of ether oxygens (including phenoxy) is 1. The number of carbonyl (C=O) groups excluding carboxylic acids is 1. The summed E-state index contributed by atoms with van der Waals surface area (Å²) >= 11 is 0. The molecule has 0 spiro atoms. The van der Waals surface area contributed by atoms with E-state index in [2.05, 4.69) is 33.5 Å². The van der Waals surface area contributed by atoms with Crippen molar-refractivity contribution in [3.8, 4) is 17.0 Å². The van der Waals surface area contributed by atoms with Crippen molar-refractivity contribution in [3.05, 3.63) is 65.9 Å². The summed E-state index contributed by atoms with van der Waals surface area (Å²) in [5.74, 6) is 0.627. The summed E-state index contributed by atoms with van der Waals surface area (Å²) in [6, 6.07) is 17.8. The SMILES string of the molecule is COc1ccc(-c2cc(C(=O)NCc3ccccc3N3CCCC3)nn2C)cc1. The molecule has 0 atom stereocenters. The maximum Gasteiger partial charge on any atom is 0.272 e. The molecule has 2 heterocycles. The van der Waals surface area contributed by atoms with Gasteiger partial charge in [-0.3, -0.25) is 9.48 Å². The van der Waals surface area contributed by atoms with E-state index in [9.17, 15) is 4.79 Å². The zero-order valence-electron chi connectivity index (χ0n) is 16.9. The summed E-state index contributed by atoms with van der Waals surface area (Å²) in [6.07, 6.45) is 2.45. The Hall–Kier alpha value is -3.28. The first-order chi connectivity index (χ1) is 14.2. The van der Waals surface area contributed by atoms with Crippen LogP contribution in [0.25, 0.3) is 11.3 Å². The molecular weight excluding hydrogens is 364 g/mol. The number of hydrogen-bond donors (Lipinski definition) is 1. The van der Waals surface area contributed by atoms with Crippen LogP contribution in [0.5, 0.6) is 5.75 Å². The Morgan fingerprint density at radius 2 is 1.83 bits per heavy atom. The third-order valence-corrected chi connectivity index (χ3v) is 5.38. The molecule has 1 fully saturated rings. The first-order valence-electron chi connectivity index (χ1n) is 9.95. The predicted molar refractivity (Wildman–Crippen MR) is 114 cm³/mol. The lowest BCUT2D eigenvalue weighted by Gasteiger charge is -2.21. The number of aryl methyl sites for hydroxylation is 1. The van der Waals surface area contributed by atoms with E-state index >= 15 is 0 Å². The fourth-order valence-electron chi connectivity index (χ4n) is 3.80. The van der Waals surface area contributed by atoms with E-state index in [1.165, 1.54) is 18.5 Å². The Morgan fingerprint density at radius 1 is 1.10 bits per heavy atom. The summed E-state index contributed by atoms with van der Waals surface area (Å²) in [5.41, 5.74) is 4.63. The molecule has 0 unspecified atom stereocenters. The van der Waals surface area contributed by atoms with Gasteiger partial charge in [-0.2, -0.15) is 5.10 Å². The largest absolute Gasteiger partial charge is 0.497 e. The lowest BCUT2D eigenvalue weighted by molar-refractivity contribution is 0.0945. The van der Waals surface area contributed by atoms with E-state index in [4.69, 9.17) is 4.74 Å². The molecule has 1 saturated heterocycles. The van der Waals surface area contributed by atoms with Gasteiger partial charge in [0, 0.05) is 37.9 Å². The molecular formula is C23H26N4O2. The molecule has 6 nitrogen and oxygen atoms in total. The van der Waals surface area contributed by atoms with Crippen LogP contribution in [0.3, 0.4) is 0 Å². The van der Waals surface area contributed by atoms with Crippen LogP contribution in [0.2, 0.25) is 0 Å². The van der Waals surface area contributed by atoms with Crippen molar-refractivity contribution in [2.75, 3.05) is 25.1 Å². The molecule has 1 N–H and O–H groups in total. The third-order valence-electron chi connectivity index (χ3n) is 5.38. The summed E-state index contributed by atoms with van der Waals surface area (Å²) in [5, 5.41) is 7.43. The first-order valence-corrected chi connectivity index (χ1v) is 9.95. The molecule has 2 aromatic carbocycles. The lowest BCUT2D eigenvalue weighted by atomic mass is 10.1. The standard InChI is InChI=1S/C23H26N4O2/c1-26-22(17-9-11-19(29-2)12-10-17)15-20(25-26)23(28)24-16-18-7-3-4-8-21(18)27-13-5-6-14-27/h3-4,7-12,15H,5-6,13-14,16H2,1-2H3,(H,24,28). The van der Waals surface area contributed by atoms with Crippen LogP contribution in [0.4, 0.5) is 5.69 Å². The Bertz CT molecular complexity index is 988. The Morgan fingerprint density at radius 3 is 2.55 bits per heavy atom. The zero-order chi connectivity index (χ0) is 20.2. The van der Waals surface area contributed by atoms with Gasteiger partial charge in [0.1, 0.15) is 5.75 Å². The number of hydrogen-bond acceptors (Lipinski definition) is 4. The molecule has 0 saturated carbocycles. The number of rotatable bonds is 6. The molecule has 1 aliphatic heterocycles. The smallest absolute Gasteiger partial charge is 0.272 e. The number of anilines is 1. The molecule has 4 rings (SSSR count).